The molecule has 2 aromatic carbocycles. The van der Waals surface area contributed by atoms with E-state index in [1.54, 1.807) is 30.3 Å². The summed E-state index contributed by atoms with van der Waals surface area (Å²) in [6.45, 7) is -0.0308. The minimum atomic E-state index is -0.399. The van der Waals surface area contributed by atoms with Crippen LogP contribution in [0, 0.1) is 12.3 Å². The number of ether oxygens (including phenoxy) is 3. The topological polar surface area (TPSA) is 69.2 Å². The van der Waals surface area contributed by atoms with E-state index in [-0.39, 0.29) is 13.2 Å². The second kappa shape index (κ2) is 9.63. The number of nitrogens with zero attached hydrogens (tertiary/aromatic N) is 1. The molecule has 6 heteroatoms. The number of hydrogen-bond donors (Lipinski definition) is 1. The number of methoxy groups -OCH3 is 1. The standard InChI is InChI=1S/C19H18N2O4/c1-3-12-24-16-9-5-4-8-15(16)13-20-21-19(22)14-25-18-11-7-6-10-17(18)23-2/h1,4-11,13H,12,14H2,2H3,(H,21,22)/b20-13-. The smallest absolute Gasteiger partial charge is 0.277 e. The van der Waals surface area contributed by atoms with Gasteiger partial charge in [0, 0.05) is 5.56 Å². The quantitative estimate of drug-likeness (QED) is 0.455. The van der Waals surface area contributed by atoms with E-state index in [9.17, 15) is 4.79 Å². The third-order valence-corrected chi connectivity index (χ3v) is 3.05. The number of terminal acetylenes is 1. The van der Waals surface area contributed by atoms with Crippen molar-refractivity contribution in [3.05, 3.63) is 54.1 Å². The van der Waals surface area contributed by atoms with Gasteiger partial charge in [0.15, 0.2) is 18.1 Å². The van der Waals surface area contributed by atoms with E-state index in [4.69, 9.17) is 20.6 Å². The molecule has 6 nitrogen and oxygen atoms in total. The van der Waals surface area contributed by atoms with Crippen molar-refractivity contribution in [2.24, 2.45) is 5.10 Å². The van der Waals surface area contributed by atoms with Crippen LogP contribution in [0.3, 0.4) is 0 Å². The number of nitrogens with one attached hydrogen (secondary N) is 1. The Balaban J connectivity index is 1.88. The minimum absolute atomic E-state index is 0.157. The molecule has 0 unspecified atom stereocenters. The number of carbonyl (C=O) groups excluding carboxylic acids is 1. The third kappa shape index (κ3) is 5.59. The highest BCUT2D eigenvalue weighted by Gasteiger charge is 2.06. The molecule has 1 N–H and O–H groups in total. The van der Waals surface area contributed by atoms with Gasteiger partial charge in [-0.1, -0.05) is 30.2 Å². The summed E-state index contributed by atoms with van der Waals surface area (Å²) in [6, 6.07) is 14.3. The maximum absolute atomic E-state index is 11.8. The maximum Gasteiger partial charge on any atom is 0.277 e. The molecule has 1 amide bonds. The fourth-order valence-corrected chi connectivity index (χ4v) is 1.93. The largest absolute Gasteiger partial charge is 0.493 e. The van der Waals surface area contributed by atoms with Crippen molar-refractivity contribution in [3.8, 4) is 29.6 Å². The predicted molar refractivity (Wildman–Crippen MR) is 95.0 cm³/mol. The molecule has 0 fully saturated rings. The zero-order valence-corrected chi connectivity index (χ0v) is 13.8. The van der Waals surface area contributed by atoms with Gasteiger partial charge in [0.1, 0.15) is 12.4 Å². The summed E-state index contributed by atoms with van der Waals surface area (Å²) in [4.78, 5) is 11.8. The Morgan fingerprint density at radius 3 is 2.52 bits per heavy atom. The Kier molecular flexibility index (Phi) is 6.89. The Morgan fingerprint density at radius 2 is 1.80 bits per heavy atom. The van der Waals surface area contributed by atoms with E-state index in [0.29, 0.717) is 22.8 Å². The fourth-order valence-electron chi connectivity index (χ4n) is 1.93. The molecule has 0 saturated heterocycles. The Bertz CT molecular complexity index is 781. The van der Waals surface area contributed by atoms with Crippen LogP contribution in [0.1, 0.15) is 5.56 Å². The van der Waals surface area contributed by atoms with Crippen LogP contribution < -0.4 is 19.6 Å². The molecule has 0 radical (unpaired) electrons. The van der Waals surface area contributed by atoms with Gasteiger partial charge in [-0.05, 0) is 24.3 Å². The van der Waals surface area contributed by atoms with Crippen molar-refractivity contribution in [2.75, 3.05) is 20.3 Å². The first-order chi connectivity index (χ1) is 12.2. The lowest BCUT2D eigenvalue weighted by molar-refractivity contribution is -0.123. The van der Waals surface area contributed by atoms with Crippen LogP contribution in [0.15, 0.2) is 53.6 Å². The number of benzene rings is 2. The van der Waals surface area contributed by atoms with Crippen LogP contribution in [0.4, 0.5) is 0 Å². The summed E-state index contributed by atoms with van der Waals surface area (Å²) in [5.41, 5.74) is 3.09. The average molecular weight is 338 g/mol. The van der Waals surface area contributed by atoms with Crippen LogP contribution in [-0.2, 0) is 4.79 Å². The van der Waals surface area contributed by atoms with E-state index < -0.39 is 5.91 Å². The Hall–Kier alpha value is -3.46. The zero-order chi connectivity index (χ0) is 17.9. The Labute approximate surface area is 146 Å². The van der Waals surface area contributed by atoms with Crippen molar-refractivity contribution < 1.29 is 19.0 Å². The van der Waals surface area contributed by atoms with Gasteiger partial charge in [0.25, 0.3) is 5.91 Å². The molecule has 0 aromatic heterocycles. The van der Waals surface area contributed by atoms with Gasteiger partial charge in [-0.2, -0.15) is 5.10 Å². The summed E-state index contributed by atoms with van der Waals surface area (Å²) in [6.07, 6.45) is 6.66. The van der Waals surface area contributed by atoms with Gasteiger partial charge in [-0.3, -0.25) is 4.79 Å². The number of hydrogen-bond acceptors (Lipinski definition) is 5. The highest BCUT2D eigenvalue weighted by molar-refractivity contribution is 5.85. The van der Waals surface area contributed by atoms with Crippen molar-refractivity contribution in [2.45, 2.75) is 0 Å². The van der Waals surface area contributed by atoms with Gasteiger partial charge in [0.2, 0.25) is 0 Å². The average Bonchev–Trinajstić information content (AvgIpc) is 2.65. The van der Waals surface area contributed by atoms with Crippen LogP contribution in [-0.4, -0.2) is 32.4 Å². The number of hydrazone groups is 1. The fraction of sp³-hybridized carbons (Fsp3) is 0.158. The second-order valence-corrected chi connectivity index (χ2v) is 4.76. The zero-order valence-electron chi connectivity index (χ0n) is 13.8. The first kappa shape index (κ1) is 17.9. The molecule has 0 aliphatic heterocycles. The van der Waals surface area contributed by atoms with Crippen molar-refractivity contribution in [3.63, 3.8) is 0 Å². The molecule has 0 spiro atoms. The summed E-state index contributed by atoms with van der Waals surface area (Å²) in [5, 5.41) is 3.90. The first-order valence-electron chi connectivity index (χ1n) is 7.47. The van der Waals surface area contributed by atoms with Crippen LogP contribution in [0.2, 0.25) is 0 Å². The van der Waals surface area contributed by atoms with E-state index in [1.807, 2.05) is 18.2 Å². The maximum atomic E-state index is 11.8. The van der Waals surface area contributed by atoms with Gasteiger partial charge >= 0.3 is 0 Å². The first-order valence-corrected chi connectivity index (χ1v) is 7.47. The lowest BCUT2D eigenvalue weighted by Crippen LogP contribution is -2.24. The second-order valence-electron chi connectivity index (χ2n) is 4.76. The molecule has 0 atom stereocenters. The van der Waals surface area contributed by atoms with Crippen molar-refractivity contribution >= 4 is 12.1 Å². The number of rotatable bonds is 8. The number of amides is 1. The van der Waals surface area contributed by atoms with Crippen LogP contribution >= 0.6 is 0 Å². The Morgan fingerprint density at radius 1 is 1.12 bits per heavy atom. The molecular formula is C19H18N2O4. The van der Waals surface area contributed by atoms with Gasteiger partial charge in [-0.25, -0.2) is 5.43 Å². The summed E-state index contributed by atoms with van der Waals surface area (Å²) >= 11 is 0. The molecule has 0 aliphatic carbocycles. The highest BCUT2D eigenvalue weighted by atomic mass is 16.5. The van der Waals surface area contributed by atoms with Gasteiger partial charge < -0.3 is 14.2 Å². The van der Waals surface area contributed by atoms with E-state index in [0.717, 1.165) is 0 Å². The summed E-state index contributed by atoms with van der Waals surface area (Å²) < 4.78 is 16.0. The van der Waals surface area contributed by atoms with E-state index in [2.05, 4.69) is 16.4 Å². The molecule has 0 saturated carbocycles. The van der Waals surface area contributed by atoms with Gasteiger partial charge in [-0.15, -0.1) is 6.42 Å². The molecule has 0 bridgehead atoms. The van der Waals surface area contributed by atoms with Gasteiger partial charge in [0.05, 0.1) is 13.3 Å². The monoisotopic (exact) mass is 338 g/mol. The van der Waals surface area contributed by atoms with E-state index in [1.165, 1.54) is 13.3 Å². The van der Waals surface area contributed by atoms with Crippen molar-refractivity contribution in [1.82, 2.24) is 5.43 Å². The summed E-state index contributed by atoms with van der Waals surface area (Å²) in [5.74, 6) is 3.62. The van der Waals surface area contributed by atoms with Crippen LogP contribution in [0.5, 0.6) is 17.2 Å². The molecule has 25 heavy (non-hydrogen) atoms. The number of para-hydroxylation sites is 3. The molecule has 2 rings (SSSR count). The SMILES string of the molecule is C#CCOc1ccccc1/C=N\NC(=O)COc1ccccc1OC. The molecule has 128 valence electrons. The predicted octanol–water partition coefficient (Wildman–Crippen LogP) is 2.24. The lowest BCUT2D eigenvalue weighted by atomic mass is 10.2. The molecular weight excluding hydrogens is 320 g/mol. The van der Waals surface area contributed by atoms with Crippen molar-refractivity contribution in [1.29, 1.82) is 0 Å². The minimum Gasteiger partial charge on any atom is -0.493 e. The van der Waals surface area contributed by atoms with E-state index >= 15 is 0 Å². The molecule has 0 heterocycles. The molecule has 0 aliphatic rings. The summed E-state index contributed by atoms with van der Waals surface area (Å²) in [7, 11) is 1.53. The lowest BCUT2D eigenvalue weighted by Gasteiger charge is -2.09. The third-order valence-electron chi connectivity index (χ3n) is 3.05. The highest BCUT2D eigenvalue weighted by Crippen LogP contribution is 2.25. The normalized spacial score (nSPS) is 10.1. The number of carbonyl (C=O) groups is 1. The molecule has 2 aromatic rings. The van der Waals surface area contributed by atoms with Crippen LogP contribution in [0.25, 0.3) is 0 Å².